The van der Waals surface area contributed by atoms with E-state index in [1.165, 1.54) is 12.1 Å². The van der Waals surface area contributed by atoms with Crippen molar-refractivity contribution >= 4 is 11.7 Å². The predicted octanol–water partition coefficient (Wildman–Crippen LogP) is 3.52. The van der Waals surface area contributed by atoms with Crippen LogP contribution in [0.3, 0.4) is 0 Å². The molecular weight excluding hydrogens is 321 g/mol. The number of nitrogens with one attached hydrogen (secondary N) is 2. The number of aromatic amines is 1. The second-order valence-corrected chi connectivity index (χ2v) is 5.39. The zero-order valence-electron chi connectivity index (χ0n) is 13.2. The van der Waals surface area contributed by atoms with Crippen LogP contribution in [0.25, 0.3) is 0 Å². The molecule has 0 fully saturated rings. The van der Waals surface area contributed by atoms with Crippen molar-refractivity contribution in [3.8, 4) is 0 Å². The van der Waals surface area contributed by atoms with Gasteiger partial charge < -0.3 is 0 Å². The molecular formula is C16H17F3N4O. The largest absolute Gasteiger partial charge is 0.416 e. The number of hydrazone groups is 1. The molecule has 1 heterocycles. The summed E-state index contributed by atoms with van der Waals surface area (Å²) in [5, 5.41) is 4.07. The molecule has 0 amide bonds. The fraction of sp³-hybridized carbons (Fsp3) is 0.312. The highest BCUT2D eigenvalue weighted by molar-refractivity contribution is 5.82. The third kappa shape index (κ3) is 5.22. The van der Waals surface area contributed by atoms with E-state index >= 15 is 0 Å². The molecule has 1 aromatic heterocycles. The van der Waals surface area contributed by atoms with Gasteiger partial charge in [0.05, 0.1) is 5.56 Å². The number of aromatic nitrogens is 2. The molecule has 2 N–H and O–H groups in total. The Balaban J connectivity index is 1.97. The average Bonchev–Trinajstić information content (AvgIpc) is 2.49. The van der Waals surface area contributed by atoms with Gasteiger partial charge in [0.2, 0.25) is 5.95 Å². The van der Waals surface area contributed by atoms with Crippen LogP contribution in [0.1, 0.15) is 30.2 Å². The van der Waals surface area contributed by atoms with Crippen LogP contribution in [0.2, 0.25) is 0 Å². The van der Waals surface area contributed by atoms with Crippen LogP contribution in [0.4, 0.5) is 19.1 Å². The Hall–Kier alpha value is -2.64. The van der Waals surface area contributed by atoms with E-state index < -0.39 is 11.7 Å². The minimum Gasteiger partial charge on any atom is -0.291 e. The van der Waals surface area contributed by atoms with Crippen molar-refractivity contribution in [3.63, 3.8) is 0 Å². The quantitative estimate of drug-likeness (QED) is 0.647. The topological polar surface area (TPSA) is 70.1 Å². The highest BCUT2D eigenvalue weighted by Gasteiger charge is 2.30. The number of hydrogen-bond donors (Lipinski definition) is 2. The minimum atomic E-state index is -4.34. The molecule has 24 heavy (non-hydrogen) atoms. The van der Waals surface area contributed by atoms with Crippen LogP contribution in [-0.2, 0) is 12.6 Å². The zero-order valence-corrected chi connectivity index (χ0v) is 13.2. The van der Waals surface area contributed by atoms with Crippen molar-refractivity contribution in [3.05, 3.63) is 57.5 Å². The van der Waals surface area contributed by atoms with Crippen molar-refractivity contribution in [2.75, 3.05) is 5.43 Å². The lowest BCUT2D eigenvalue weighted by Crippen LogP contribution is -2.11. The van der Waals surface area contributed by atoms with E-state index in [0.29, 0.717) is 29.8 Å². The summed E-state index contributed by atoms with van der Waals surface area (Å²) in [5.41, 5.74) is 3.51. The van der Waals surface area contributed by atoms with Gasteiger partial charge in [-0.1, -0.05) is 18.2 Å². The van der Waals surface area contributed by atoms with Gasteiger partial charge in [-0.15, -0.1) is 0 Å². The molecule has 0 bridgehead atoms. The summed E-state index contributed by atoms with van der Waals surface area (Å²) in [5.74, 6) is 0.221. The van der Waals surface area contributed by atoms with Gasteiger partial charge >= 0.3 is 6.18 Å². The summed E-state index contributed by atoms with van der Waals surface area (Å²) in [6.07, 6.45) is -3.44. The maximum atomic E-state index is 12.7. The molecule has 1 aromatic carbocycles. The molecule has 2 aromatic rings. The van der Waals surface area contributed by atoms with Gasteiger partial charge in [-0.05, 0) is 38.3 Å². The number of aryl methyl sites for hydroxylation is 2. The summed E-state index contributed by atoms with van der Waals surface area (Å²) in [4.78, 5) is 17.9. The maximum absolute atomic E-state index is 12.7. The van der Waals surface area contributed by atoms with Crippen molar-refractivity contribution in [1.29, 1.82) is 0 Å². The molecule has 5 nitrogen and oxygen atoms in total. The van der Waals surface area contributed by atoms with Crippen LogP contribution in [0.15, 0.2) is 40.2 Å². The average molecular weight is 338 g/mol. The third-order valence-electron chi connectivity index (χ3n) is 3.25. The second-order valence-electron chi connectivity index (χ2n) is 5.39. The Morgan fingerprint density at radius 2 is 2.08 bits per heavy atom. The molecule has 0 aliphatic heterocycles. The van der Waals surface area contributed by atoms with E-state index in [1.807, 2.05) is 0 Å². The van der Waals surface area contributed by atoms with Gasteiger partial charge in [-0.25, -0.2) is 10.4 Å². The van der Waals surface area contributed by atoms with Crippen LogP contribution in [0, 0.1) is 6.92 Å². The van der Waals surface area contributed by atoms with Gasteiger partial charge in [-0.2, -0.15) is 18.3 Å². The van der Waals surface area contributed by atoms with Gasteiger partial charge in [0.1, 0.15) is 0 Å². The Labute approximate surface area is 136 Å². The normalized spacial score (nSPS) is 12.3. The standard InChI is InChI=1S/C16H17F3N4O/c1-10(22-23-15-20-11(2)8-14(24)21-15)6-7-12-4-3-5-13(9-12)16(17,18)19/h3-5,8-9H,6-7H2,1-2H3,(H2,20,21,23,24). The molecule has 2 rings (SSSR count). The lowest BCUT2D eigenvalue weighted by Gasteiger charge is -2.08. The predicted molar refractivity (Wildman–Crippen MR) is 86.1 cm³/mol. The number of benzene rings is 1. The van der Waals surface area contributed by atoms with Crippen LogP contribution in [0.5, 0.6) is 0 Å². The smallest absolute Gasteiger partial charge is 0.291 e. The molecule has 0 atom stereocenters. The number of nitrogens with zero attached hydrogens (tertiary/aromatic N) is 2. The first-order valence-electron chi connectivity index (χ1n) is 7.27. The lowest BCUT2D eigenvalue weighted by atomic mass is 10.0. The van der Waals surface area contributed by atoms with E-state index in [2.05, 4.69) is 20.5 Å². The zero-order chi connectivity index (χ0) is 17.7. The molecule has 8 heteroatoms. The van der Waals surface area contributed by atoms with E-state index in [4.69, 9.17) is 0 Å². The highest BCUT2D eigenvalue weighted by atomic mass is 19.4. The van der Waals surface area contributed by atoms with Gasteiger partial charge in [-0.3, -0.25) is 9.78 Å². The number of halogens is 3. The van der Waals surface area contributed by atoms with Crippen molar-refractivity contribution in [2.45, 2.75) is 32.9 Å². The fourth-order valence-electron chi connectivity index (χ4n) is 2.06. The monoisotopic (exact) mass is 338 g/mol. The molecule has 0 unspecified atom stereocenters. The van der Waals surface area contributed by atoms with E-state index in [1.54, 1.807) is 19.9 Å². The Morgan fingerprint density at radius 1 is 1.33 bits per heavy atom. The van der Waals surface area contributed by atoms with Crippen molar-refractivity contribution in [2.24, 2.45) is 5.10 Å². The molecule has 0 aliphatic carbocycles. The van der Waals surface area contributed by atoms with E-state index in [0.717, 1.165) is 12.1 Å². The van der Waals surface area contributed by atoms with Gasteiger partial charge in [0, 0.05) is 17.5 Å². The number of alkyl halides is 3. The number of hydrogen-bond acceptors (Lipinski definition) is 4. The molecule has 0 aliphatic rings. The Kier molecular flexibility index (Phi) is 5.38. The summed E-state index contributed by atoms with van der Waals surface area (Å²) in [7, 11) is 0. The molecule has 0 spiro atoms. The number of rotatable bonds is 5. The summed E-state index contributed by atoms with van der Waals surface area (Å²) >= 11 is 0. The van der Waals surface area contributed by atoms with E-state index in [-0.39, 0.29) is 11.5 Å². The molecule has 0 radical (unpaired) electrons. The van der Waals surface area contributed by atoms with Gasteiger partial charge in [0.25, 0.3) is 5.56 Å². The first-order chi connectivity index (χ1) is 11.2. The second kappa shape index (κ2) is 7.29. The summed E-state index contributed by atoms with van der Waals surface area (Å²) < 4.78 is 38.0. The van der Waals surface area contributed by atoms with Crippen LogP contribution < -0.4 is 11.0 Å². The molecule has 0 saturated heterocycles. The third-order valence-corrected chi connectivity index (χ3v) is 3.25. The minimum absolute atomic E-state index is 0.221. The first-order valence-corrected chi connectivity index (χ1v) is 7.27. The summed E-state index contributed by atoms with van der Waals surface area (Å²) in [6, 6.07) is 6.58. The fourth-order valence-corrected chi connectivity index (χ4v) is 2.06. The van der Waals surface area contributed by atoms with Crippen LogP contribution >= 0.6 is 0 Å². The van der Waals surface area contributed by atoms with E-state index in [9.17, 15) is 18.0 Å². The molecule has 128 valence electrons. The number of H-pyrrole nitrogens is 1. The van der Waals surface area contributed by atoms with Gasteiger partial charge in [0.15, 0.2) is 0 Å². The number of anilines is 1. The Morgan fingerprint density at radius 3 is 2.75 bits per heavy atom. The highest BCUT2D eigenvalue weighted by Crippen LogP contribution is 2.29. The molecule has 0 saturated carbocycles. The Bertz CT molecular complexity index is 796. The maximum Gasteiger partial charge on any atom is 0.416 e. The van der Waals surface area contributed by atoms with Crippen molar-refractivity contribution in [1.82, 2.24) is 9.97 Å². The first kappa shape index (κ1) is 17.7. The van der Waals surface area contributed by atoms with Crippen molar-refractivity contribution < 1.29 is 13.2 Å². The lowest BCUT2D eigenvalue weighted by molar-refractivity contribution is -0.137. The van der Waals surface area contributed by atoms with Crippen LogP contribution in [-0.4, -0.2) is 15.7 Å². The summed E-state index contributed by atoms with van der Waals surface area (Å²) in [6.45, 7) is 3.43. The SMILES string of the molecule is CC(CCc1cccc(C(F)(F)F)c1)=NNc1nc(C)cc(=O)[nH]1.